The van der Waals surface area contributed by atoms with Crippen molar-refractivity contribution in [2.45, 2.75) is 20.3 Å². The molecule has 1 aliphatic rings. The Morgan fingerprint density at radius 3 is 2.53 bits per heavy atom. The summed E-state index contributed by atoms with van der Waals surface area (Å²) in [6.07, 6.45) is 15.2. The van der Waals surface area contributed by atoms with E-state index in [0.717, 1.165) is 47.8 Å². The molecule has 230 valence electrons. The number of pyridine rings is 1. The summed E-state index contributed by atoms with van der Waals surface area (Å²) < 4.78 is 15.8. The molecule has 1 fully saturated rings. The molecular weight excluding hydrogens is 546 g/mol. The minimum Gasteiger partial charge on any atom is -0.501 e. The van der Waals surface area contributed by atoms with Gasteiger partial charge in [-0.25, -0.2) is 9.78 Å². The largest absolute Gasteiger partial charge is 0.501 e. The van der Waals surface area contributed by atoms with E-state index in [-0.39, 0.29) is 12.5 Å². The Morgan fingerprint density at radius 2 is 1.81 bits per heavy atom. The molecule has 10 nitrogen and oxygen atoms in total. The second kappa shape index (κ2) is 17.5. The molecule has 0 unspecified atom stereocenters. The molecular formula is C33H43N5O5. The highest BCUT2D eigenvalue weighted by molar-refractivity contribution is 6.03. The first-order valence-corrected chi connectivity index (χ1v) is 14.4. The number of carbonyl (C=O) groups is 2. The second-order valence-electron chi connectivity index (χ2n) is 10.0. The Morgan fingerprint density at radius 1 is 1.07 bits per heavy atom. The van der Waals surface area contributed by atoms with Crippen LogP contribution in [0.1, 0.15) is 29.8 Å². The first-order chi connectivity index (χ1) is 20.8. The average Bonchev–Trinajstić information content (AvgIpc) is 3.02. The van der Waals surface area contributed by atoms with Crippen molar-refractivity contribution in [3.63, 3.8) is 0 Å². The van der Waals surface area contributed by atoms with Crippen LogP contribution in [0.25, 0.3) is 11.1 Å². The van der Waals surface area contributed by atoms with Crippen molar-refractivity contribution in [1.29, 1.82) is 0 Å². The fourth-order valence-electron chi connectivity index (χ4n) is 4.19. The standard InChI is InChI=1S/C33H43N5O5/c1-6-26-22-28(24-35-31(26)34-15-11-9-7-8-10-12-25(2)41-5)27-13-14-30(29(23-27)32(39)37(3)4)36-33(40)43-21-18-38-16-19-42-20-17-38/h7-15,22-24H,6,16-21H2,1-5H3,(H,34,35)(H,36,40)/b9-7+,10-8-,15-11+,25-12+. The van der Waals surface area contributed by atoms with Gasteiger partial charge in [-0.2, -0.15) is 0 Å². The van der Waals surface area contributed by atoms with E-state index in [0.29, 0.717) is 31.0 Å². The minimum atomic E-state index is -0.601. The van der Waals surface area contributed by atoms with E-state index in [9.17, 15) is 9.59 Å². The number of aromatic nitrogens is 1. The minimum absolute atomic E-state index is 0.231. The maximum Gasteiger partial charge on any atom is 0.411 e. The van der Waals surface area contributed by atoms with Crippen LogP contribution in [-0.2, 0) is 20.6 Å². The number of carbonyl (C=O) groups excluding carboxylic acids is 2. The summed E-state index contributed by atoms with van der Waals surface area (Å²) in [5.74, 6) is 1.37. The number of ether oxygens (including phenoxy) is 3. The van der Waals surface area contributed by atoms with E-state index in [4.69, 9.17) is 14.2 Å². The number of methoxy groups -OCH3 is 1. The van der Waals surface area contributed by atoms with Gasteiger partial charge in [-0.15, -0.1) is 0 Å². The van der Waals surface area contributed by atoms with Gasteiger partial charge in [-0.1, -0.05) is 37.3 Å². The summed E-state index contributed by atoms with van der Waals surface area (Å²) in [6, 6.07) is 7.42. The van der Waals surface area contributed by atoms with Crippen molar-refractivity contribution in [2.75, 3.05) is 71.3 Å². The Hall–Kier alpha value is -4.41. The third-order valence-corrected chi connectivity index (χ3v) is 6.73. The summed E-state index contributed by atoms with van der Waals surface area (Å²) in [5.41, 5.74) is 3.46. The monoisotopic (exact) mass is 589 g/mol. The Bertz CT molecular complexity index is 1340. The SMILES string of the molecule is CCc1cc(-c2ccc(NC(=O)OCCN3CCOCC3)c(C(=O)N(C)C)c2)cnc1N/C=C/C=C/C=C\C=C(/C)OC. The zero-order chi connectivity index (χ0) is 31.0. The lowest BCUT2D eigenvalue weighted by Gasteiger charge is -2.26. The number of aryl methyl sites for hydroxylation is 1. The predicted molar refractivity (Wildman–Crippen MR) is 171 cm³/mol. The topological polar surface area (TPSA) is 105 Å². The van der Waals surface area contributed by atoms with Gasteiger partial charge < -0.3 is 24.4 Å². The molecule has 0 radical (unpaired) electrons. The van der Waals surface area contributed by atoms with Crippen molar-refractivity contribution in [3.8, 4) is 11.1 Å². The van der Waals surface area contributed by atoms with Gasteiger partial charge in [0.05, 0.1) is 37.3 Å². The van der Waals surface area contributed by atoms with Crippen LogP contribution < -0.4 is 10.6 Å². The molecule has 43 heavy (non-hydrogen) atoms. The normalized spacial score (nSPS) is 14.4. The summed E-state index contributed by atoms with van der Waals surface area (Å²) in [4.78, 5) is 33.9. The van der Waals surface area contributed by atoms with E-state index in [1.807, 2.05) is 55.6 Å². The quantitative estimate of drug-likeness (QED) is 0.234. The van der Waals surface area contributed by atoms with Crippen LogP contribution in [0.15, 0.2) is 78.9 Å². The predicted octanol–water partition coefficient (Wildman–Crippen LogP) is 5.48. The van der Waals surface area contributed by atoms with Crippen molar-refractivity contribution in [1.82, 2.24) is 14.8 Å². The molecule has 1 saturated heterocycles. The molecule has 1 aromatic carbocycles. The highest BCUT2D eigenvalue weighted by atomic mass is 16.5. The molecule has 2 aromatic rings. The number of hydrogen-bond donors (Lipinski definition) is 2. The number of benzene rings is 1. The maximum atomic E-state index is 13.1. The number of amides is 2. The maximum absolute atomic E-state index is 13.1. The molecule has 0 aliphatic carbocycles. The molecule has 10 heteroatoms. The van der Waals surface area contributed by atoms with Gasteiger partial charge in [-0.3, -0.25) is 15.0 Å². The van der Waals surface area contributed by atoms with Crippen LogP contribution in [0.4, 0.5) is 16.3 Å². The zero-order valence-corrected chi connectivity index (χ0v) is 25.8. The number of nitrogens with zero attached hydrogens (tertiary/aromatic N) is 3. The molecule has 0 bridgehead atoms. The third-order valence-electron chi connectivity index (χ3n) is 6.73. The molecule has 2 N–H and O–H groups in total. The van der Waals surface area contributed by atoms with Gasteiger partial charge >= 0.3 is 6.09 Å². The summed E-state index contributed by atoms with van der Waals surface area (Å²) in [5, 5.41) is 5.99. The van der Waals surface area contributed by atoms with E-state index in [2.05, 4.69) is 33.5 Å². The Labute approximate surface area is 254 Å². The average molecular weight is 590 g/mol. The van der Waals surface area contributed by atoms with Crippen LogP contribution in [0.3, 0.4) is 0 Å². The number of nitrogens with one attached hydrogen (secondary N) is 2. The number of anilines is 2. The van der Waals surface area contributed by atoms with Gasteiger partial charge in [0.15, 0.2) is 0 Å². The lowest BCUT2D eigenvalue weighted by Crippen LogP contribution is -2.38. The van der Waals surface area contributed by atoms with E-state index < -0.39 is 6.09 Å². The second-order valence-corrected chi connectivity index (χ2v) is 10.0. The lowest BCUT2D eigenvalue weighted by molar-refractivity contribution is 0.0290. The lowest BCUT2D eigenvalue weighted by atomic mass is 10.0. The molecule has 1 aromatic heterocycles. The van der Waals surface area contributed by atoms with Gasteiger partial charge in [0, 0.05) is 51.7 Å². The molecule has 0 saturated carbocycles. The Balaban J connectivity index is 1.69. The zero-order valence-electron chi connectivity index (χ0n) is 25.8. The molecule has 2 heterocycles. The van der Waals surface area contributed by atoms with Crippen LogP contribution in [0, 0.1) is 0 Å². The highest BCUT2D eigenvalue weighted by Gasteiger charge is 2.18. The Kier molecular flexibility index (Phi) is 13.5. The van der Waals surface area contributed by atoms with E-state index >= 15 is 0 Å². The summed E-state index contributed by atoms with van der Waals surface area (Å²) >= 11 is 0. The van der Waals surface area contributed by atoms with Crippen LogP contribution >= 0.6 is 0 Å². The summed E-state index contributed by atoms with van der Waals surface area (Å²) in [7, 11) is 4.99. The molecule has 1 aliphatic heterocycles. The number of rotatable bonds is 13. The van der Waals surface area contributed by atoms with E-state index in [1.165, 1.54) is 4.90 Å². The van der Waals surface area contributed by atoms with Crippen LogP contribution in [0.5, 0.6) is 0 Å². The number of morpholine rings is 1. The number of allylic oxidation sites excluding steroid dienone is 7. The molecule has 2 amide bonds. The van der Waals surface area contributed by atoms with Crippen molar-refractivity contribution in [2.24, 2.45) is 0 Å². The third kappa shape index (κ3) is 10.7. The molecule has 0 spiro atoms. The molecule has 0 atom stereocenters. The van der Waals surface area contributed by atoms with Crippen molar-refractivity contribution >= 4 is 23.5 Å². The van der Waals surface area contributed by atoms with E-state index in [1.54, 1.807) is 39.5 Å². The fourth-order valence-corrected chi connectivity index (χ4v) is 4.19. The van der Waals surface area contributed by atoms with Crippen LogP contribution in [0.2, 0.25) is 0 Å². The smallest absolute Gasteiger partial charge is 0.411 e. The van der Waals surface area contributed by atoms with Gasteiger partial charge in [0.1, 0.15) is 12.4 Å². The first kappa shape index (κ1) is 33.1. The van der Waals surface area contributed by atoms with Crippen molar-refractivity contribution in [3.05, 3.63) is 90.0 Å². The van der Waals surface area contributed by atoms with Gasteiger partial charge in [0.2, 0.25) is 0 Å². The summed E-state index contributed by atoms with van der Waals surface area (Å²) in [6.45, 7) is 7.85. The first-order valence-electron chi connectivity index (χ1n) is 14.4. The van der Waals surface area contributed by atoms with Gasteiger partial charge in [-0.05, 0) is 54.8 Å². The van der Waals surface area contributed by atoms with Crippen LogP contribution in [-0.4, -0.2) is 87.4 Å². The number of hydrogen-bond acceptors (Lipinski definition) is 8. The fraction of sp³-hybridized carbons (Fsp3) is 0.364. The highest BCUT2D eigenvalue weighted by Crippen LogP contribution is 2.28. The van der Waals surface area contributed by atoms with Gasteiger partial charge in [0.25, 0.3) is 5.91 Å². The molecule has 3 rings (SSSR count). The van der Waals surface area contributed by atoms with Crippen molar-refractivity contribution < 1.29 is 23.8 Å².